The number of carbonyl (C=O) groups excluding carboxylic acids is 2. The lowest BCUT2D eigenvalue weighted by atomic mass is 9.99. The van der Waals surface area contributed by atoms with E-state index in [1.807, 2.05) is 50.4 Å². The number of nitrogens with zero attached hydrogens (tertiary/aromatic N) is 3. The highest BCUT2D eigenvalue weighted by Crippen LogP contribution is 2.33. The molecule has 2 amide bonds. The largest absolute Gasteiger partial charge is 0.348 e. The molecule has 0 bridgehead atoms. The molecule has 0 radical (unpaired) electrons. The van der Waals surface area contributed by atoms with Crippen molar-refractivity contribution in [2.75, 3.05) is 13.1 Å². The average molecular weight is 498 g/mol. The van der Waals surface area contributed by atoms with Crippen molar-refractivity contribution in [3.05, 3.63) is 94.0 Å². The number of hydrogen-bond acceptors (Lipinski definition) is 2. The fourth-order valence-electron chi connectivity index (χ4n) is 4.19. The van der Waals surface area contributed by atoms with Crippen LogP contribution in [-0.4, -0.2) is 45.3 Å². The first-order chi connectivity index (χ1) is 15.4. The van der Waals surface area contributed by atoms with Gasteiger partial charge in [-0.05, 0) is 71.7 Å². The molecule has 1 atom stereocenters. The molecule has 4 rings (SSSR count). The first-order valence-electron chi connectivity index (χ1n) is 10.6. The second kappa shape index (κ2) is 9.28. The molecule has 166 valence electrons. The van der Waals surface area contributed by atoms with Crippen molar-refractivity contribution < 1.29 is 14.0 Å². The van der Waals surface area contributed by atoms with E-state index in [0.717, 1.165) is 5.69 Å². The first kappa shape index (κ1) is 22.3. The molecule has 5 nitrogen and oxygen atoms in total. The minimum atomic E-state index is -0.408. The molecule has 7 heteroatoms. The lowest BCUT2D eigenvalue weighted by Crippen LogP contribution is -2.49. The quantitative estimate of drug-likeness (QED) is 0.504. The van der Waals surface area contributed by atoms with E-state index in [1.165, 1.54) is 12.1 Å². The number of benzene rings is 2. The summed E-state index contributed by atoms with van der Waals surface area (Å²) in [6, 6.07) is 16.9. The zero-order valence-corrected chi connectivity index (χ0v) is 19.6. The predicted octanol–water partition coefficient (Wildman–Crippen LogP) is 4.87. The van der Waals surface area contributed by atoms with Gasteiger partial charge in [0.2, 0.25) is 5.91 Å². The fraction of sp³-hybridized carbons (Fsp3) is 0.280. The normalized spacial score (nSPS) is 15.5. The van der Waals surface area contributed by atoms with Crippen LogP contribution in [0.2, 0.25) is 0 Å². The highest BCUT2D eigenvalue weighted by Gasteiger charge is 2.34. The van der Waals surface area contributed by atoms with Crippen LogP contribution in [-0.2, 0) is 11.3 Å². The third-order valence-corrected chi connectivity index (χ3v) is 6.51. The van der Waals surface area contributed by atoms with Crippen LogP contribution in [0.1, 0.15) is 41.5 Å². The van der Waals surface area contributed by atoms with Crippen LogP contribution in [0.15, 0.2) is 71.3 Å². The molecule has 0 N–H and O–H groups in total. The van der Waals surface area contributed by atoms with Crippen LogP contribution in [0, 0.1) is 5.82 Å². The SMILES string of the molecule is CC(C)N(CC(=O)N1CCn2cccc2C1c1cccc(F)c1)C(=O)c1ccccc1Br. The zero-order chi connectivity index (χ0) is 22.8. The van der Waals surface area contributed by atoms with Crippen molar-refractivity contribution in [1.29, 1.82) is 0 Å². The van der Waals surface area contributed by atoms with Crippen molar-refractivity contribution in [1.82, 2.24) is 14.4 Å². The molecule has 0 saturated carbocycles. The molecule has 1 aliphatic rings. The second-order valence-electron chi connectivity index (χ2n) is 8.18. The summed E-state index contributed by atoms with van der Waals surface area (Å²) in [5.41, 5.74) is 2.16. The molecular weight excluding hydrogens is 473 g/mol. The van der Waals surface area contributed by atoms with E-state index < -0.39 is 6.04 Å². The number of rotatable bonds is 5. The Hall–Kier alpha value is -2.93. The molecule has 2 aromatic carbocycles. The molecule has 32 heavy (non-hydrogen) atoms. The summed E-state index contributed by atoms with van der Waals surface area (Å²) >= 11 is 3.44. The Bertz CT molecular complexity index is 1140. The molecular formula is C25H25BrFN3O2. The van der Waals surface area contributed by atoms with Crippen molar-refractivity contribution >= 4 is 27.7 Å². The van der Waals surface area contributed by atoms with Gasteiger partial charge in [0, 0.05) is 35.5 Å². The summed E-state index contributed by atoms with van der Waals surface area (Å²) in [6.45, 7) is 4.88. The standard InChI is InChI=1S/C25H25BrFN3O2/c1-17(2)30(25(32)20-9-3-4-10-21(20)26)16-23(31)29-14-13-28-12-6-11-22(28)24(29)18-7-5-8-19(27)15-18/h3-12,15,17,24H,13-14,16H2,1-2H3. The van der Waals surface area contributed by atoms with E-state index in [1.54, 1.807) is 28.0 Å². The Morgan fingerprint density at radius 2 is 1.88 bits per heavy atom. The third kappa shape index (κ3) is 4.35. The molecule has 1 aliphatic heterocycles. The highest BCUT2D eigenvalue weighted by atomic mass is 79.9. The van der Waals surface area contributed by atoms with Crippen LogP contribution in [0.25, 0.3) is 0 Å². The number of fused-ring (bicyclic) bond motifs is 1. The van der Waals surface area contributed by atoms with Gasteiger partial charge in [-0.3, -0.25) is 9.59 Å². The molecule has 0 spiro atoms. The number of hydrogen-bond donors (Lipinski definition) is 0. The topological polar surface area (TPSA) is 45.6 Å². The summed E-state index contributed by atoms with van der Waals surface area (Å²) in [5, 5.41) is 0. The molecule has 0 aliphatic carbocycles. The summed E-state index contributed by atoms with van der Waals surface area (Å²) in [5.74, 6) is -0.712. The van der Waals surface area contributed by atoms with Gasteiger partial charge in [0.1, 0.15) is 12.4 Å². The average Bonchev–Trinajstić information content (AvgIpc) is 3.25. The predicted molar refractivity (Wildman–Crippen MR) is 125 cm³/mol. The molecule has 1 aromatic heterocycles. The number of carbonyl (C=O) groups is 2. The Morgan fingerprint density at radius 3 is 2.59 bits per heavy atom. The van der Waals surface area contributed by atoms with E-state index >= 15 is 0 Å². The molecule has 0 fully saturated rings. The van der Waals surface area contributed by atoms with Gasteiger partial charge in [-0.2, -0.15) is 0 Å². The van der Waals surface area contributed by atoms with E-state index in [-0.39, 0.29) is 30.2 Å². The third-order valence-electron chi connectivity index (χ3n) is 5.82. The van der Waals surface area contributed by atoms with Gasteiger partial charge in [-0.15, -0.1) is 0 Å². The van der Waals surface area contributed by atoms with Gasteiger partial charge in [0.05, 0.1) is 11.6 Å². The Kier molecular flexibility index (Phi) is 6.46. The molecule has 2 heterocycles. The van der Waals surface area contributed by atoms with Crippen molar-refractivity contribution in [2.45, 2.75) is 32.5 Å². The lowest BCUT2D eigenvalue weighted by Gasteiger charge is -2.39. The van der Waals surface area contributed by atoms with Gasteiger partial charge in [-0.1, -0.05) is 24.3 Å². The van der Waals surface area contributed by atoms with Gasteiger partial charge >= 0.3 is 0 Å². The van der Waals surface area contributed by atoms with Crippen LogP contribution >= 0.6 is 15.9 Å². The zero-order valence-electron chi connectivity index (χ0n) is 18.0. The van der Waals surface area contributed by atoms with Crippen LogP contribution in [0.3, 0.4) is 0 Å². The Labute approximate surface area is 195 Å². The maximum Gasteiger partial charge on any atom is 0.255 e. The fourth-order valence-corrected chi connectivity index (χ4v) is 4.65. The summed E-state index contributed by atoms with van der Waals surface area (Å²) in [4.78, 5) is 30.1. The van der Waals surface area contributed by atoms with Crippen molar-refractivity contribution in [2.24, 2.45) is 0 Å². The monoisotopic (exact) mass is 497 g/mol. The highest BCUT2D eigenvalue weighted by molar-refractivity contribution is 9.10. The first-order valence-corrected chi connectivity index (χ1v) is 11.4. The van der Waals surface area contributed by atoms with Crippen molar-refractivity contribution in [3.8, 4) is 0 Å². The summed E-state index contributed by atoms with van der Waals surface area (Å²) < 4.78 is 16.8. The van der Waals surface area contributed by atoms with Crippen LogP contribution in [0.4, 0.5) is 4.39 Å². The molecule has 1 unspecified atom stereocenters. The van der Waals surface area contributed by atoms with E-state index in [2.05, 4.69) is 20.5 Å². The lowest BCUT2D eigenvalue weighted by molar-refractivity contribution is -0.135. The van der Waals surface area contributed by atoms with Crippen LogP contribution < -0.4 is 0 Å². The van der Waals surface area contributed by atoms with E-state index in [0.29, 0.717) is 28.7 Å². The number of aromatic nitrogens is 1. The second-order valence-corrected chi connectivity index (χ2v) is 9.03. The summed E-state index contributed by atoms with van der Waals surface area (Å²) in [7, 11) is 0. The maximum absolute atomic E-state index is 14.0. The van der Waals surface area contributed by atoms with Gasteiger partial charge in [0.15, 0.2) is 0 Å². The maximum atomic E-state index is 14.0. The number of amides is 2. The van der Waals surface area contributed by atoms with Gasteiger partial charge in [-0.25, -0.2) is 4.39 Å². The van der Waals surface area contributed by atoms with Gasteiger partial charge < -0.3 is 14.4 Å². The molecule has 0 saturated heterocycles. The summed E-state index contributed by atoms with van der Waals surface area (Å²) in [6.07, 6.45) is 1.97. The Balaban J connectivity index is 1.64. The smallest absolute Gasteiger partial charge is 0.255 e. The minimum Gasteiger partial charge on any atom is -0.348 e. The Morgan fingerprint density at radius 1 is 1.09 bits per heavy atom. The van der Waals surface area contributed by atoms with E-state index in [9.17, 15) is 14.0 Å². The number of halogens is 2. The van der Waals surface area contributed by atoms with Gasteiger partial charge in [0.25, 0.3) is 5.91 Å². The molecule has 3 aromatic rings. The van der Waals surface area contributed by atoms with Crippen LogP contribution in [0.5, 0.6) is 0 Å². The van der Waals surface area contributed by atoms with E-state index in [4.69, 9.17) is 0 Å². The van der Waals surface area contributed by atoms with Crippen molar-refractivity contribution in [3.63, 3.8) is 0 Å². The minimum absolute atomic E-state index is 0.0512.